The van der Waals surface area contributed by atoms with Crippen LogP contribution >= 0.6 is 0 Å². The van der Waals surface area contributed by atoms with Crippen molar-refractivity contribution < 1.29 is 17.9 Å². The van der Waals surface area contributed by atoms with E-state index < -0.39 is 21.4 Å². The lowest BCUT2D eigenvalue weighted by atomic mass is 9.75. The van der Waals surface area contributed by atoms with Crippen molar-refractivity contribution in [2.24, 2.45) is 10.6 Å². The standard InChI is InChI=1S/C10H17NO4S/c1-10(2)6-4-5-7(16(11,13)14)8(10)9(12)15-3/h4-6H2,1-3H3,(H2,11,13,14). The number of allylic oxidation sites excluding steroid dienone is 1. The molecule has 0 bridgehead atoms. The van der Waals surface area contributed by atoms with Crippen LogP contribution in [0.4, 0.5) is 0 Å². The number of primary sulfonamides is 1. The highest BCUT2D eigenvalue weighted by molar-refractivity contribution is 7.93. The number of methoxy groups -OCH3 is 1. The first-order valence-electron chi connectivity index (χ1n) is 5.05. The molecule has 1 rings (SSSR count). The predicted molar refractivity (Wildman–Crippen MR) is 59.8 cm³/mol. The Bertz CT molecular complexity index is 434. The van der Waals surface area contributed by atoms with E-state index in [1.54, 1.807) is 0 Å². The van der Waals surface area contributed by atoms with Crippen LogP contribution in [0.3, 0.4) is 0 Å². The Hall–Kier alpha value is -0.880. The number of ether oxygens (including phenoxy) is 1. The van der Waals surface area contributed by atoms with Gasteiger partial charge in [0.1, 0.15) is 0 Å². The summed E-state index contributed by atoms with van der Waals surface area (Å²) in [6.07, 6.45) is 1.77. The third-order valence-corrected chi connectivity index (χ3v) is 3.99. The topological polar surface area (TPSA) is 86.5 Å². The molecule has 0 heterocycles. The molecule has 6 heteroatoms. The van der Waals surface area contributed by atoms with E-state index in [4.69, 9.17) is 5.14 Å². The lowest BCUT2D eigenvalue weighted by molar-refractivity contribution is -0.137. The number of carbonyl (C=O) groups excluding carboxylic acids is 1. The smallest absolute Gasteiger partial charge is 0.335 e. The molecule has 0 spiro atoms. The summed E-state index contributed by atoms with van der Waals surface area (Å²) < 4.78 is 27.5. The zero-order valence-corrected chi connectivity index (χ0v) is 10.6. The number of esters is 1. The molecule has 1 aliphatic carbocycles. The van der Waals surface area contributed by atoms with Gasteiger partial charge < -0.3 is 4.74 Å². The SMILES string of the molecule is COC(=O)C1=C(S(N)(=O)=O)CCCC1(C)C. The average molecular weight is 247 g/mol. The van der Waals surface area contributed by atoms with Gasteiger partial charge >= 0.3 is 5.97 Å². The Balaban J connectivity index is 3.44. The molecule has 0 amide bonds. The summed E-state index contributed by atoms with van der Waals surface area (Å²) in [6, 6.07) is 0. The maximum absolute atomic E-state index is 11.6. The van der Waals surface area contributed by atoms with Gasteiger partial charge in [0.15, 0.2) is 0 Å². The van der Waals surface area contributed by atoms with Gasteiger partial charge in [-0.15, -0.1) is 0 Å². The largest absolute Gasteiger partial charge is 0.466 e. The molecular formula is C10H17NO4S. The van der Waals surface area contributed by atoms with Gasteiger partial charge in [0.25, 0.3) is 0 Å². The third-order valence-electron chi connectivity index (χ3n) is 2.89. The van der Waals surface area contributed by atoms with Crippen molar-refractivity contribution in [1.29, 1.82) is 0 Å². The number of carbonyl (C=O) groups is 1. The number of hydrogen-bond acceptors (Lipinski definition) is 4. The van der Waals surface area contributed by atoms with Crippen molar-refractivity contribution in [1.82, 2.24) is 0 Å². The zero-order chi connectivity index (χ0) is 12.6. The molecule has 92 valence electrons. The normalized spacial score (nSPS) is 20.8. The second kappa shape index (κ2) is 4.18. The monoisotopic (exact) mass is 247 g/mol. The zero-order valence-electron chi connectivity index (χ0n) is 9.74. The lowest BCUT2D eigenvalue weighted by Gasteiger charge is -2.32. The van der Waals surface area contributed by atoms with Gasteiger partial charge in [-0.1, -0.05) is 13.8 Å². The first-order valence-corrected chi connectivity index (χ1v) is 6.59. The van der Waals surface area contributed by atoms with Crippen molar-refractivity contribution in [3.8, 4) is 0 Å². The van der Waals surface area contributed by atoms with Crippen LogP contribution in [0.25, 0.3) is 0 Å². The molecule has 2 N–H and O–H groups in total. The van der Waals surface area contributed by atoms with Gasteiger partial charge in [-0.2, -0.15) is 0 Å². The van der Waals surface area contributed by atoms with Crippen LogP contribution in [0.2, 0.25) is 0 Å². The maximum atomic E-state index is 11.6. The molecular weight excluding hydrogens is 230 g/mol. The fraction of sp³-hybridized carbons (Fsp3) is 0.700. The fourth-order valence-electron chi connectivity index (χ4n) is 2.10. The minimum Gasteiger partial charge on any atom is -0.466 e. The second-order valence-corrected chi connectivity index (χ2v) is 6.16. The molecule has 0 unspecified atom stereocenters. The van der Waals surface area contributed by atoms with Gasteiger partial charge in [0.05, 0.1) is 17.6 Å². The van der Waals surface area contributed by atoms with E-state index in [2.05, 4.69) is 4.74 Å². The number of nitrogens with two attached hydrogens (primary N) is 1. The quantitative estimate of drug-likeness (QED) is 0.735. The molecule has 16 heavy (non-hydrogen) atoms. The molecule has 5 nitrogen and oxygen atoms in total. The van der Waals surface area contributed by atoms with Crippen LogP contribution in [-0.2, 0) is 19.6 Å². The van der Waals surface area contributed by atoms with E-state index in [9.17, 15) is 13.2 Å². The molecule has 0 aliphatic heterocycles. The number of rotatable bonds is 2. The predicted octanol–water partition coefficient (Wildman–Crippen LogP) is 0.912. The van der Waals surface area contributed by atoms with E-state index >= 15 is 0 Å². The summed E-state index contributed by atoms with van der Waals surface area (Å²) in [6.45, 7) is 3.65. The Morgan fingerprint density at radius 2 is 2.00 bits per heavy atom. The van der Waals surface area contributed by atoms with Gasteiger partial charge in [-0.25, -0.2) is 18.4 Å². The second-order valence-electron chi connectivity index (χ2n) is 4.57. The summed E-state index contributed by atoms with van der Waals surface area (Å²) in [5.41, 5.74) is -0.309. The average Bonchev–Trinajstić information content (AvgIpc) is 2.13. The third kappa shape index (κ3) is 2.44. The molecule has 0 aromatic carbocycles. The molecule has 0 saturated heterocycles. The highest BCUT2D eigenvalue weighted by Gasteiger charge is 2.38. The van der Waals surface area contributed by atoms with Gasteiger partial charge in [-0.05, 0) is 24.7 Å². The molecule has 1 aliphatic rings. The van der Waals surface area contributed by atoms with Crippen LogP contribution in [0.1, 0.15) is 33.1 Å². The van der Waals surface area contributed by atoms with Crippen LogP contribution in [-0.4, -0.2) is 21.5 Å². The van der Waals surface area contributed by atoms with Crippen LogP contribution < -0.4 is 5.14 Å². The van der Waals surface area contributed by atoms with Crippen molar-refractivity contribution in [2.75, 3.05) is 7.11 Å². The first-order chi connectivity index (χ1) is 7.20. The van der Waals surface area contributed by atoms with Crippen molar-refractivity contribution in [2.45, 2.75) is 33.1 Å². The minimum absolute atomic E-state index is 0.0237. The van der Waals surface area contributed by atoms with Gasteiger partial charge in [0, 0.05) is 0 Å². The van der Waals surface area contributed by atoms with Crippen LogP contribution in [0.5, 0.6) is 0 Å². The first kappa shape index (κ1) is 13.2. The molecule has 0 aromatic heterocycles. The summed E-state index contributed by atoms with van der Waals surface area (Å²) in [4.78, 5) is 11.7. The van der Waals surface area contributed by atoms with E-state index in [0.717, 1.165) is 6.42 Å². The van der Waals surface area contributed by atoms with Gasteiger partial charge in [0.2, 0.25) is 10.0 Å². The molecule has 0 saturated carbocycles. The highest BCUT2D eigenvalue weighted by atomic mass is 32.2. The summed E-state index contributed by atoms with van der Waals surface area (Å²) >= 11 is 0. The Morgan fingerprint density at radius 1 is 1.44 bits per heavy atom. The Morgan fingerprint density at radius 3 is 2.44 bits per heavy atom. The molecule has 0 atom stereocenters. The summed E-state index contributed by atoms with van der Waals surface area (Å²) in [5.74, 6) is -0.603. The van der Waals surface area contributed by atoms with Crippen molar-refractivity contribution in [3.63, 3.8) is 0 Å². The molecule has 0 aromatic rings. The van der Waals surface area contributed by atoms with E-state index in [0.29, 0.717) is 12.8 Å². The van der Waals surface area contributed by atoms with Crippen LogP contribution in [0, 0.1) is 5.41 Å². The Kier molecular flexibility index (Phi) is 3.44. The van der Waals surface area contributed by atoms with E-state index in [1.807, 2.05) is 13.8 Å². The van der Waals surface area contributed by atoms with Crippen molar-refractivity contribution >= 4 is 16.0 Å². The fourth-order valence-corrected chi connectivity index (χ4v) is 3.17. The van der Waals surface area contributed by atoms with Crippen LogP contribution in [0.15, 0.2) is 10.5 Å². The number of hydrogen-bond donors (Lipinski definition) is 1. The van der Waals surface area contributed by atoms with Crippen molar-refractivity contribution in [3.05, 3.63) is 10.5 Å². The highest BCUT2D eigenvalue weighted by Crippen LogP contribution is 2.41. The number of sulfonamides is 1. The summed E-state index contributed by atoms with van der Waals surface area (Å²) in [5, 5.41) is 5.12. The molecule has 0 radical (unpaired) electrons. The van der Waals surface area contributed by atoms with Gasteiger partial charge in [-0.3, -0.25) is 0 Å². The maximum Gasteiger partial charge on any atom is 0.335 e. The summed E-state index contributed by atoms with van der Waals surface area (Å²) in [7, 11) is -2.59. The van der Waals surface area contributed by atoms with E-state index in [1.165, 1.54) is 7.11 Å². The van der Waals surface area contributed by atoms with E-state index in [-0.39, 0.29) is 10.5 Å². The minimum atomic E-state index is -3.82. The molecule has 0 fully saturated rings. The lowest BCUT2D eigenvalue weighted by Crippen LogP contribution is -2.31. The Labute approximate surface area is 95.7 Å².